The lowest BCUT2D eigenvalue weighted by atomic mass is 9.83. The van der Waals surface area contributed by atoms with Crippen LogP contribution in [0.25, 0.3) is 1.43 Å². The Bertz CT molecular complexity index is 388. The van der Waals surface area contributed by atoms with Crippen LogP contribution in [0.2, 0.25) is 0 Å². The molecule has 0 bridgehead atoms. The third-order valence-electron chi connectivity index (χ3n) is 2.78. The summed E-state index contributed by atoms with van der Waals surface area (Å²) in [6.45, 7) is 2.60. The highest BCUT2D eigenvalue weighted by Gasteiger charge is 2.46. The summed E-state index contributed by atoms with van der Waals surface area (Å²) >= 11 is 0. The quantitative estimate of drug-likeness (QED) is 0.310. The molecule has 8 nitrogen and oxygen atoms in total. The van der Waals surface area contributed by atoms with E-state index in [1.165, 1.54) is 13.8 Å². The molecule has 0 saturated carbocycles. The van der Waals surface area contributed by atoms with Gasteiger partial charge in [-0.2, -0.15) is 0 Å². The van der Waals surface area contributed by atoms with Crippen LogP contribution in [-0.4, -0.2) is 45.9 Å². The molecule has 2 unspecified atom stereocenters. The normalized spacial score (nSPS) is 17.6. The Morgan fingerprint density at radius 2 is 2.11 bits per heavy atom. The van der Waals surface area contributed by atoms with Crippen LogP contribution in [0.1, 0.15) is 20.3 Å². The summed E-state index contributed by atoms with van der Waals surface area (Å²) in [6.07, 6.45) is -0.0743. The average Bonchev–Trinajstić information content (AvgIpc) is 2.40. The number of carbonyl (C=O) groups excluding carboxylic acids is 2. The zero-order valence-electron chi connectivity index (χ0n) is 11.0. The number of nitrogens with two attached hydrogens (primary N) is 1. The van der Waals surface area contributed by atoms with Gasteiger partial charge in [0.15, 0.2) is 11.3 Å². The summed E-state index contributed by atoms with van der Waals surface area (Å²) in [4.78, 5) is 44.8. The minimum absolute atomic E-state index is 0.147. The number of Topliss-reactive ketones (excluding diaryl/α,β-unsaturated/α-hetero) is 1. The largest absolute Gasteiger partial charge is 0.481 e. The molecule has 3 atom stereocenters. The van der Waals surface area contributed by atoms with E-state index in [1.54, 1.807) is 0 Å². The van der Waals surface area contributed by atoms with E-state index in [9.17, 15) is 19.2 Å². The molecule has 0 aliphatic carbocycles. The maximum Gasteiger partial charge on any atom is 0.331 e. The minimum atomic E-state index is -2.22. The van der Waals surface area contributed by atoms with Gasteiger partial charge in [0.1, 0.15) is 6.04 Å². The SMILES string of the molecule is [2H]OC(=O)C(C)[C@H](NC=O)C(=O)C(N)(CC)C(=O)O. The Kier molecular flexibility index (Phi) is 4.78. The Hall–Kier alpha value is -1.96. The van der Waals surface area contributed by atoms with E-state index < -0.39 is 35.2 Å². The van der Waals surface area contributed by atoms with Crippen LogP contribution in [0, 0.1) is 5.92 Å². The van der Waals surface area contributed by atoms with Crippen molar-refractivity contribution in [3.8, 4) is 0 Å². The molecular formula is C10H16N2O6. The van der Waals surface area contributed by atoms with Gasteiger partial charge in [-0.05, 0) is 13.3 Å². The minimum Gasteiger partial charge on any atom is -0.481 e. The van der Waals surface area contributed by atoms with Crippen molar-refractivity contribution in [2.75, 3.05) is 0 Å². The topological polar surface area (TPSA) is 147 Å². The summed E-state index contributed by atoms with van der Waals surface area (Å²) in [6, 6.07) is -1.48. The Morgan fingerprint density at radius 1 is 1.56 bits per heavy atom. The molecule has 0 fully saturated rings. The number of rotatable bonds is 8. The summed E-state index contributed by atoms with van der Waals surface area (Å²) in [5.41, 5.74) is 3.27. The van der Waals surface area contributed by atoms with Gasteiger partial charge in [-0.3, -0.25) is 14.4 Å². The molecule has 5 N–H and O–H groups in total. The Labute approximate surface area is 105 Å². The predicted molar refractivity (Wildman–Crippen MR) is 59.6 cm³/mol. The third kappa shape index (κ3) is 3.04. The van der Waals surface area contributed by atoms with E-state index in [1.807, 2.05) is 5.32 Å². The molecule has 0 heterocycles. The third-order valence-corrected chi connectivity index (χ3v) is 2.78. The van der Waals surface area contributed by atoms with Crippen LogP contribution in [0.4, 0.5) is 0 Å². The molecule has 0 aromatic heterocycles. The molecule has 8 heteroatoms. The van der Waals surface area contributed by atoms with Crippen LogP contribution in [0.5, 0.6) is 0 Å². The van der Waals surface area contributed by atoms with Gasteiger partial charge >= 0.3 is 11.9 Å². The van der Waals surface area contributed by atoms with Crippen LogP contribution >= 0.6 is 0 Å². The second-order valence-electron chi connectivity index (χ2n) is 3.86. The fraction of sp³-hybridized carbons (Fsp3) is 0.600. The van der Waals surface area contributed by atoms with Crippen molar-refractivity contribution in [2.24, 2.45) is 11.7 Å². The average molecular weight is 261 g/mol. The first-order chi connectivity index (χ1) is 8.76. The Balaban J connectivity index is 5.40. The molecule has 0 radical (unpaired) electrons. The molecule has 102 valence electrons. The van der Waals surface area contributed by atoms with Crippen LogP contribution in [0.3, 0.4) is 0 Å². The molecule has 0 saturated heterocycles. The van der Waals surface area contributed by atoms with Gasteiger partial charge in [0.2, 0.25) is 6.41 Å². The van der Waals surface area contributed by atoms with Crippen molar-refractivity contribution in [1.29, 1.82) is 1.43 Å². The predicted octanol–water partition coefficient (Wildman–Crippen LogP) is -1.42. The number of amides is 1. The molecule has 0 aliphatic heterocycles. The molecule has 18 heavy (non-hydrogen) atoms. The molecule has 1 amide bonds. The van der Waals surface area contributed by atoms with Gasteiger partial charge in [0.05, 0.1) is 5.92 Å². The fourth-order valence-corrected chi connectivity index (χ4v) is 1.36. The number of hydrogen-bond acceptors (Lipinski definition) is 6. The number of nitrogens with one attached hydrogen (secondary N) is 1. The molecule has 0 spiro atoms. The molecule has 0 aromatic rings. The van der Waals surface area contributed by atoms with Crippen molar-refractivity contribution in [3.05, 3.63) is 0 Å². The number of carboxylic acids is 2. The van der Waals surface area contributed by atoms with Gasteiger partial charge in [-0.25, -0.2) is 4.79 Å². The van der Waals surface area contributed by atoms with Crippen molar-refractivity contribution in [3.63, 3.8) is 0 Å². The fourth-order valence-electron chi connectivity index (χ4n) is 1.36. The molecule has 0 aliphatic rings. The first-order valence-corrected chi connectivity index (χ1v) is 5.19. The highest BCUT2D eigenvalue weighted by molar-refractivity contribution is 6.11. The molecular weight excluding hydrogens is 244 g/mol. The monoisotopic (exact) mass is 261 g/mol. The van der Waals surface area contributed by atoms with E-state index in [2.05, 4.69) is 5.11 Å². The smallest absolute Gasteiger partial charge is 0.331 e. The van der Waals surface area contributed by atoms with Crippen LogP contribution < -0.4 is 11.1 Å². The Morgan fingerprint density at radius 3 is 2.44 bits per heavy atom. The van der Waals surface area contributed by atoms with Crippen molar-refractivity contribution >= 4 is 24.1 Å². The highest BCUT2D eigenvalue weighted by atomic mass is 16.4. The van der Waals surface area contributed by atoms with Gasteiger partial charge in [-0.15, -0.1) is 0 Å². The second kappa shape index (κ2) is 6.10. The standard InChI is InChI=1S/C10H16N2O6/c1-3-10(11,9(17)18)7(14)6(12-4-13)5(2)8(15)16/h4-6H,3,11H2,1-2H3,(H,12,13)(H,15,16)(H,17,18)/t5?,6-,10?/m0/s1/i/hD. The van der Waals surface area contributed by atoms with E-state index >= 15 is 0 Å². The molecule has 0 aromatic carbocycles. The first kappa shape index (κ1) is 14.1. The van der Waals surface area contributed by atoms with E-state index in [4.69, 9.17) is 12.3 Å². The van der Waals surface area contributed by atoms with E-state index in [0.717, 1.165) is 0 Å². The van der Waals surface area contributed by atoms with Gasteiger partial charge in [0.25, 0.3) is 1.43 Å². The van der Waals surface area contributed by atoms with Crippen molar-refractivity contribution in [2.45, 2.75) is 31.8 Å². The number of aliphatic carboxylic acids is 2. The zero-order valence-corrected chi connectivity index (χ0v) is 10.0. The van der Waals surface area contributed by atoms with Crippen molar-refractivity contribution in [1.82, 2.24) is 5.32 Å². The highest BCUT2D eigenvalue weighted by Crippen LogP contribution is 2.16. The number of hydrogen-bond donors (Lipinski definition) is 4. The number of ketones is 1. The molecule has 0 rings (SSSR count). The van der Waals surface area contributed by atoms with Crippen LogP contribution in [0.15, 0.2) is 0 Å². The summed E-state index contributed by atoms with van der Waals surface area (Å²) < 4.78 is 6.47. The number of carboxylic acid groups (broad SMARTS) is 2. The maximum absolute atomic E-state index is 12.1. The lowest BCUT2D eigenvalue weighted by Crippen LogP contribution is -2.62. The van der Waals surface area contributed by atoms with Gasteiger partial charge in [0, 0.05) is 0 Å². The number of carbonyl (C=O) groups is 4. The second-order valence-corrected chi connectivity index (χ2v) is 3.86. The summed E-state index contributed by atoms with van der Waals surface area (Å²) in [7, 11) is 0. The van der Waals surface area contributed by atoms with Gasteiger partial charge < -0.3 is 21.3 Å². The van der Waals surface area contributed by atoms with Gasteiger partial charge in [-0.1, -0.05) is 6.92 Å². The maximum atomic E-state index is 12.1. The van der Waals surface area contributed by atoms with Crippen LogP contribution in [-0.2, 0) is 19.2 Å². The first-order valence-electron chi connectivity index (χ1n) is 5.60. The zero-order chi connectivity index (χ0) is 15.2. The van der Waals surface area contributed by atoms with Crippen molar-refractivity contribution < 1.29 is 29.4 Å². The van der Waals surface area contributed by atoms with E-state index in [0.29, 0.717) is 0 Å². The van der Waals surface area contributed by atoms with E-state index in [-0.39, 0.29) is 12.8 Å². The lowest BCUT2D eigenvalue weighted by molar-refractivity contribution is -0.153. The lowest BCUT2D eigenvalue weighted by Gasteiger charge is -2.28. The summed E-state index contributed by atoms with van der Waals surface area (Å²) in [5.74, 6) is -4.92. The summed E-state index contributed by atoms with van der Waals surface area (Å²) in [5, 5.41) is 14.7.